The minimum atomic E-state index is -0.836. The molecule has 42 heavy (non-hydrogen) atoms. The van der Waals surface area contributed by atoms with E-state index < -0.39 is 35.5 Å². The van der Waals surface area contributed by atoms with Gasteiger partial charge in [-0.2, -0.15) is 0 Å². The Kier molecular flexibility index (Phi) is 9.28. The summed E-state index contributed by atoms with van der Waals surface area (Å²) in [6.45, 7) is 10.4. The number of amides is 2. The Hall–Kier alpha value is -4.28. The van der Waals surface area contributed by atoms with Crippen molar-refractivity contribution in [1.29, 1.82) is 0 Å². The van der Waals surface area contributed by atoms with Gasteiger partial charge in [0.2, 0.25) is 11.7 Å². The van der Waals surface area contributed by atoms with Crippen molar-refractivity contribution in [3.8, 4) is 11.5 Å². The lowest BCUT2D eigenvalue weighted by Gasteiger charge is -2.31. The zero-order valence-corrected chi connectivity index (χ0v) is 24.7. The molecule has 0 spiro atoms. The molecule has 3 atom stereocenters. The van der Waals surface area contributed by atoms with E-state index in [9.17, 15) is 18.8 Å². The minimum absolute atomic E-state index is 0.196. The molecule has 11 heteroatoms. The third-order valence-corrected chi connectivity index (χ3v) is 7.11. The molecular weight excluding hydrogens is 543 g/mol. The Bertz CT molecular complexity index is 1460. The Labute approximate surface area is 244 Å². The van der Waals surface area contributed by atoms with Crippen LogP contribution in [0.2, 0.25) is 0 Å². The zero-order chi connectivity index (χ0) is 30.6. The van der Waals surface area contributed by atoms with Crippen LogP contribution >= 0.6 is 0 Å². The number of rotatable bonds is 7. The van der Waals surface area contributed by atoms with Gasteiger partial charge in [-0.15, -0.1) is 0 Å². The largest absolute Gasteiger partial charge is 0.460 e. The van der Waals surface area contributed by atoms with Crippen LogP contribution in [-0.2, 0) is 19.1 Å². The first-order valence-corrected chi connectivity index (χ1v) is 14.0. The molecule has 0 saturated heterocycles. The molecule has 0 radical (unpaired) electrons. The predicted molar refractivity (Wildman–Crippen MR) is 154 cm³/mol. The molecule has 2 unspecified atom stereocenters. The van der Waals surface area contributed by atoms with Crippen LogP contribution < -0.4 is 10.6 Å². The number of carbonyl (C=O) groups excluding carboxylic acids is 3. The Morgan fingerprint density at radius 1 is 1.00 bits per heavy atom. The quantitative estimate of drug-likeness (QED) is 0.289. The zero-order valence-electron chi connectivity index (χ0n) is 24.7. The van der Waals surface area contributed by atoms with E-state index >= 15 is 0 Å². The number of hydrogen-bond acceptors (Lipinski definition) is 8. The summed E-state index contributed by atoms with van der Waals surface area (Å²) in [6.07, 6.45) is 1.27. The highest BCUT2D eigenvalue weighted by Crippen LogP contribution is 2.35. The molecule has 1 aliphatic carbocycles. The molecule has 2 heterocycles. The molecule has 10 nitrogen and oxygen atoms in total. The van der Waals surface area contributed by atoms with Crippen LogP contribution in [0.4, 0.5) is 20.6 Å². The molecule has 4 rings (SSSR count). The highest BCUT2D eigenvalue weighted by atomic mass is 19.1. The number of nitrogens with one attached hydrogen (secondary N) is 2. The third kappa shape index (κ3) is 7.32. The molecule has 2 aromatic heterocycles. The molecule has 2 N–H and O–H groups in total. The summed E-state index contributed by atoms with van der Waals surface area (Å²) in [6, 6.07) is 9.37. The summed E-state index contributed by atoms with van der Waals surface area (Å²) < 4.78 is 30.5. The van der Waals surface area contributed by atoms with Crippen molar-refractivity contribution in [3.05, 3.63) is 59.2 Å². The maximum atomic E-state index is 14.1. The molecule has 224 valence electrons. The van der Waals surface area contributed by atoms with Crippen molar-refractivity contribution in [2.75, 3.05) is 10.6 Å². The van der Waals surface area contributed by atoms with Crippen molar-refractivity contribution in [3.63, 3.8) is 0 Å². The number of nitrogens with zero attached hydrogens (tertiary/aromatic N) is 2. The van der Waals surface area contributed by atoms with E-state index in [2.05, 4.69) is 20.8 Å². The number of esters is 1. The number of aryl methyl sites for hydroxylation is 2. The first-order chi connectivity index (χ1) is 19.8. The predicted octanol–water partition coefficient (Wildman–Crippen LogP) is 6.89. The topological polar surface area (TPSA) is 133 Å². The lowest BCUT2D eigenvalue weighted by atomic mass is 9.78. The molecule has 1 aromatic carbocycles. The van der Waals surface area contributed by atoms with Gasteiger partial charge in [0, 0.05) is 5.56 Å². The number of aromatic nitrogens is 2. The average molecular weight is 581 g/mol. The van der Waals surface area contributed by atoms with E-state index in [0.717, 1.165) is 12.8 Å². The lowest BCUT2D eigenvalue weighted by molar-refractivity contribution is -0.164. The number of anilines is 2. The molecular formula is C31H37FN4O6. The second-order valence-electron chi connectivity index (χ2n) is 11.5. The maximum absolute atomic E-state index is 14.1. The summed E-state index contributed by atoms with van der Waals surface area (Å²) >= 11 is 0. The smallest absolute Gasteiger partial charge is 0.412 e. The molecule has 2 amide bonds. The van der Waals surface area contributed by atoms with Gasteiger partial charge in [-0.1, -0.05) is 36.2 Å². The Balaban J connectivity index is 1.46. The number of benzene rings is 1. The number of pyridine rings is 1. The molecule has 0 aliphatic heterocycles. The highest BCUT2D eigenvalue weighted by Gasteiger charge is 2.38. The van der Waals surface area contributed by atoms with Gasteiger partial charge in [0.1, 0.15) is 34.6 Å². The third-order valence-electron chi connectivity index (χ3n) is 7.11. The van der Waals surface area contributed by atoms with E-state index in [-0.39, 0.29) is 28.9 Å². The standard InChI is InChI=1S/C31H37FN4O6/c1-17-24(34-28(37)21-12-7-8-13-22(21)29(38)41-31(4,5)6)15-16-25(33-17)27-26(18(2)36-42-27)35-30(39)40-19(3)20-11-9-10-14-23(20)32/h9-11,14-16,19,21-22H,7-8,12-13H2,1-6H3,(H,34,37)(H,35,39)/t19-,21?,22?/m1/s1. The Morgan fingerprint density at radius 2 is 1.69 bits per heavy atom. The molecule has 1 fully saturated rings. The number of carbonyl (C=O) groups is 3. The first-order valence-electron chi connectivity index (χ1n) is 14.0. The second kappa shape index (κ2) is 12.7. The van der Waals surface area contributed by atoms with Crippen LogP contribution in [0.3, 0.4) is 0 Å². The molecule has 1 saturated carbocycles. The molecule has 1 aliphatic rings. The lowest BCUT2D eigenvalue weighted by Crippen LogP contribution is -2.39. The fraction of sp³-hybridized carbons (Fsp3) is 0.452. The van der Waals surface area contributed by atoms with Gasteiger partial charge in [-0.05, 0) is 72.6 Å². The Morgan fingerprint density at radius 3 is 2.36 bits per heavy atom. The van der Waals surface area contributed by atoms with Crippen LogP contribution in [0.5, 0.6) is 0 Å². The second-order valence-corrected chi connectivity index (χ2v) is 11.5. The fourth-order valence-electron chi connectivity index (χ4n) is 5.00. The van der Waals surface area contributed by atoms with Crippen LogP contribution in [0, 0.1) is 31.5 Å². The van der Waals surface area contributed by atoms with Gasteiger partial charge in [0.05, 0.1) is 23.2 Å². The fourth-order valence-corrected chi connectivity index (χ4v) is 5.00. The monoisotopic (exact) mass is 580 g/mol. The average Bonchev–Trinajstić information content (AvgIpc) is 3.28. The van der Waals surface area contributed by atoms with Crippen LogP contribution in [0.25, 0.3) is 11.5 Å². The summed E-state index contributed by atoms with van der Waals surface area (Å²) in [5.41, 5.74) is 1.62. The van der Waals surface area contributed by atoms with E-state index in [4.69, 9.17) is 14.0 Å². The number of hydrogen-bond donors (Lipinski definition) is 2. The number of halogens is 1. The van der Waals surface area contributed by atoms with E-state index in [1.54, 1.807) is 51.1 Å². The van der Waals surface area contributed by atoms with Crippen molar-refractivity contribution < 1.29 is 32.8 Å². The van der Waals surface area contributed by atoms with Gasteiger partial charge < -0.3 is 19.3 Å². The minimum Gasteiger partial charge on any atom is -0.460 e. The highest BCUT2D eigenvalue weighted by molar-refractivity contribution is 5.96. The number of ether oxygens (including phenoxy) is 2. The van der Waals surface area contributed by atoms with E-state index in [1.807, 2.05) is 20.8 Å². The molecule has 0 bridgehead atoms. The van der Waals surface area contributed by atoms with Crippen molar-refractivity contribution in [2.24, 2.45) is 11.8 Å². The molecule has 3 aromatic rings. The SMILES string of the molecule is Cc1nc(-c2onc(C)c2NC(=O)O[C@H](C)c2ccccc2F)ccc1NC(=O)C1CCCCC1C(=O)OC(C)(C)C. The van der Waals surface area contributed by atoms with Crippen molar-refractivity contribution >= 4 is 29.3 Å². The van der Waals surface area contributed by atoms with E-state index in [1.165, 1.54) is 6.07 Å². The maximum Gasteiger partial charge on any atom is 0.412 e. The summed E-state index contributed by atoms with van der Waals surface area (Å²) in [5, 5.41) is 9.50. The summed E-state index contributed by atoms with van der Waals surface area (Å²) in [7, 11) is 0. The van der Waals surface area contributed by atoms with Gasteiger partial charge in [0.15, 0.2) is 0 Å². The summed E-state index contributed by atoms with van der Waals surface area (Å²) in [4.78, 5) is 43.3. The van der Waals surface area contributed by atoms with Crippen LogP contribution in [0.15, 0.2) is 40.9 Å². The van der Waals surface area contributed by atoms with Crippen LogP contribution in [-0.4, -0.2) is 33.7 Å². The van der Waals surface area contributed by atoms with Crippen molar-refractivity contribution in [1.82, 2.24) is 10.1 Å². The van der Waals surface area contributed by atoms with Crippen molar-refractivity contribution in [2.45, 2.75) is 78.9 Å². The van der Waals surface area contributed by atoms with Crippen LogP contribution in [0.1, 0.15) is 76.4 Å². The van der Waals surface area contributed by atoms with Gasteiger partial charge in [-0.3, -0.25) is 14.9 Å². The first kappa shape index (κ1) is 30.7. The van der Waals surface area contributed by atoms with E-state index in [0.29, 0.717) is 35.6 Å². The van der Waals surface area contributed by atoms with Gasteiger partial charge in [-0.25, -0.2) is 14.2 Å². The van der Waals surface area contributed by atoms with Gasteiger partial charge in [0.25, 0.3) is 0 Å². The van der Waals surface area contributed by atoms with Gasteiger partial charge >= 0.3 is 12.1 Å². The normalized spacial score (nSPS) is 17.7. The summed E-state index contributed by atoms with van der Waals surface area (Å²) in [5.74, 6) is -1.89.